The van der Waals surface area contributed by atoms with Crippen LogP contribution >= 0.6 is 0 Å². The van der Waals surface area contributed by atoms with E-state index in [0.29, 0.717) is 29.9 Å². The summed E-state index contributed by atoms with van der Waals surface area (Å²) < 4.78 is 38.5. The second-order valence-electron chi connectivity index (χ2n) is 5.66. The maximum absolute atomic E-state index is 12.8. The fourth-order valence-electron chi connectivity index (χ4n) is 2.23. The maximum Gasteiger partial charge on any atom is 0.433 e. The molecule has 1 aromatic rings. The third-order valence-electron chi connectivity index (χ3n) is 3.29. The fourth-order valence-corrected chi connectivity index (χ4v) is 2.23. The zero-order valence-electron chi connectivity index (χ0n) is 11.7. The molecule has 0 radical (unpaired) electrons. The van der Waals surface area contributed by atoms with Gasteiger partial charge in [0.25, 0.3) is 0 Å². The molecule has 0 saturated heterocycles. The van der Waals surface area contributed by atoms with Crippen molar-refractivity contribution in [2.24, 2.45) is 11.7 Å². The Labute approximate surface area is 117 Å². The van der Waals surface area contributed by atoms with Crippen LogP contribution in [0.4, 0.5) is 19.0 Å². The molecule has 2 rings (SSSR count). The molecule has 0 unspecified atom stereocenters. The van der Waals surface area contributed by atoms with Crippen molar-refractivity contribution in [1.82, 2.24) is 4.98 Å². The van der Waals surface area contributed by atoms with Crippen LogP contribution in [0.15, 0.2) is 12.1 Å². The normalized spacial score (nSPS) is 15.8. The van der Waals surface area contributed by atoms with Crippen molar-refractivity contribution in [3.63, 3.8) is 0 Å². The van der Waals surface area contributed by atoms with Gasteiger partial charge < -0.3 is 10.6 Å². The molecule has 2 N–H and O–H groups in total. The van der Waals surface area contributed by atoms with E-state index >= 15 is 0 Å². The molecule has 0 spiro atoms. The highest BCUT2D eigenvalue weighted by Gasteiger charge is 2.36. The fraction of sp³-hybridized carbons (Fsp3) is 0.643. The van der Waals surface area contributed by atoms with E-state index in [0.717, 1.165) is 18.9 Å². The summed E-state index contributed by atoms with van der Waals surface area (Å²) in [4.78, 5) is 5.84. The number of aromatic nitrogens is 1. The van der Waals surface area contributed by atoms with Crippen molar-refractivity contribution in [3.8, 4) is 0 Å². The summed E-state index contributed by atoms with van der Waals surface area (Å²) in [6.45, 7) is 4.99. The molecule has 1 aliphatic carbocycles. The molecule has 1 fully saturated rings. The van der Waals surface area contributed by atoms with Crippen LogP contribution in [0.5, 0.6) is 0 Å². The van der Waals surface area contributed by atoms with Crippen LogP contribution in [0.1, 0.15) is 37.9 Å². The van der Waals surface area contributed by atoms with Crippen LogP contribution < -0.4 is 10.6 Å². The first-order valence-electron chi connectivity index (χ1n) is 6.86. The first-order valence-corrected chi connectivity index (χ1v) is 6.86. The van der Waals surface area contributed by atoms with Crippen LogP contribution in [0.25, 0.3) is 0 Å². The van der Waals surface area contributed by atoms with Gasteiger partial charge in [-0.3, -0.25) is 0 Å². The zero-order valence-corrected chi connectivity index (χ0v) is 11.7. The zero-order chi connectivity index (χ0) is 14.9. The number of halogens is 3. The van der Waals surface area contributed by atoms with E-state index in [-0.39, 0.29) is 6.54 Å². The Morgan fingerprint density at radius 3 is 2.45 bits per heavy atom. The second-order valence-corrected chi connectivity index (χ2v) is 5.66. The monoisotopic (exact) mass is 287 g/mol. The third-order valence-corrected chi connectivity index (χ3v) is 3.29. The van der Waals surface area contributed by atoms with Gasteiger partial charge in [-0.2, -0.15) is 13.2 Å². The minimum atomic E-state index is -4.42. The average molecular weight is 287 g/mol. The van der Waals surface area contributed by atoms with Crippen molar-refractivity contribution >= 4 is 5.82 Å². The Hall–Kier alpha value is -1.30. The lowest BCUT2D eigenvalue weighted by Crippen LogP contribution is -2.32. The summed E-state index contributed by atoms with van der Waals surface area (Å²) >= 11 is 0. The molecule has 0 atom stereocenters. The summed E-state index contributed by atoms with van der Waals surface area (Å²) in [6.07, 6.45) is -2.40. The molecule has 0 aromatic carbocycles. The lowest BCUT2D eigenvalue weighted by atomic mass is 10.1. The van der Waals surface area contributed by atoms with E-state index in [1.54, 1.807) is 0 Å². The first kappa shape index (κ1) is 15.1. The number of anilines is 1. The van der Waals surface area contributed by atoms with Crippen LogP contribution in [-0.2, 0) is 12.7 Å². The van der Waals surface area contributed by atoms with Crippen molar-refractivity contribution in [1.29, 1.82) is 0 Å². The standard InChI is InChI=1S/C14H20F3N3/c1-9(2)8-20(11-4-5-11)13-10(7-18)3-6-12(19-13)14(15,16)17/h3,6,9,11H,4-5,7-8,18H2,1-2H3. The van der Waals surface area contributed by atoms with Crippen LogP contribution in [0, 0.1) is 5.92 Å². The third kappa shape index (κ3) is 3.42. The largest absolute Gasteiger partial charge is 0.433 e. The topological polar surface area (TPSA) is 42.2 Å². The molecular formula is C14H20F3N3. The van der Waals surface area contributed by atoms with Crippen molar-refractivity contribution in [2.75, 3.05) is 11.4 Å². The smallest absolute Gasteiger partial charge is 0.353 e. The molecule has 0 aliphatic heterocycles. The van der Waals surface area contributed by atoms with Gasteiger partial charge >= 0.3 is 6.18 Å². The molecular weight excluding hydrogens is 267 g/mol. The number of nitrogens with zero attached hydrogens (tertiary/aromatic N) is 2. The molecule has 112 valence electrons. The first-order chi connectivity index (χ1) is 9.32. The number of hydrogen-bond donors (Lipinski definition) is 1. The van der Waals surface area contributed by atoms with E-state index in [2.05, 4.69) is 4.98 Å². The highest BCUT2D eigenvalue weighted by Crippen LogP contribution is 2.35. The van der Waals surface area contributed by atoms with Crippen LogP contribution in [0.3, 0.4) is 0 Å². The highest BCUT2D eigenvalue weighted by molar-refractivity contribution is 5.50. The minimum absolute atomic E-state index is 0.196. The summed E-state index contributed by atoms with van der Waals surface area (Å²) in [5.41, 5.74) is 5.47. The maximum atomic E-state index is 12.8. The molecule has 6 heteroatoms. The number of alkyl halides is 3. The summed E-state index contributed by atoms with van der Waals surface area (Å²) in [5.74, 6) is 0.760. The lowest BCUT2D eigenvalue weighted by molar-refractivity contribution is -0.141. The van der Waals surface area contributed by atoms with Crippen molar-refractivity contribution in [2.45, 2.75) is 45.5 Å². The van der Waals surface area contributed by atoms with Crippen LogP contribution in [-0.4, -0.2) is 17.6 Å². The Morgan fingerprint density at radius 2 is 2.00 bits per heavy atom. The number of hydrogen-bond acceptors (Lipinski definition) is 3. The number of rotatable bonds is 5. The molecule has 20 heavy (non-hydrogen) atoms. The quantitative estimate of drug-likeness (QED) is 0.904. The van der Waals surface area contributed by atoms with E-state index < -0.39 is 11.9 Å². The van der Waals surface area contributed by atoms with Gasteiger partial charge in [0.2, 0.25) is 0 Å². The van der Waals surface area contributed by atoms with E-state index in [1.807, 2.05) is 18.7 Å². The predicted molar refractivity (Wildman–Crippen MR) is 72.3 cm³/mol. The molecule has 0 bridgehead atoms. The molecule has 3 nitrogen and oxygen atoms in total. The van der Waals surface area contributed by atoms with Crippen LogP contribution in [0.2, 0.25) is 0 Å². The average Bonchev–Trinajstić information content (AvgIpc) is 3.18. The molecule has 1 aromatic heterocycles. The Bertz CT molecular complexity index is 467. The SMILES string of the molecule is CC(C)CN(c1nc(C(F)(F)F)ccc1CN)C1CC1. The second kappa shape index (κ2) is 5.60. The lowest BCUT2D eigenvalue weighted by Gasteiger charge is -2.28. The predicted octanol–water partition coefficient (Wildman–Crippen LogP) is 3.18. The Kier molecular flexibility index (Phi) is 4.22. The Morgan fingerprint density at radius 1 is 1.35 bits per heavy atom. The van der Waals surface area contributed by atoms with Gasteiger partial charge in [0.05, 0.1) is 0 Å². The molecule has 1 heterocycles. The summed E-state index contributed by atoms with van der Waals surface area (Å²) in [5, 5.41) is 0. The number of nitrogens with two attached hydrogens (primary N) is 1. The molecule has 0 amide bonds. The van der Waals surface area contributed by atoms with E-state index in [4.69, 9.17) is 5.73 Å². The van der Waals surface area contributed by atoms with E-state index in [1.165, 1.54) is 6.07 Å². The van der Waals surface area contributed by atoms with Crippen molar-refractivity contribution < 1.29 is 13.2 Å². The molecule has 1 saturated carbocycles. The minimum Gasteiger partial charge on any atom is -0.353 e. The molecule has 1 aliphatic rings. The Balaban J connectivity index is 2.40. The highest BCUT2D eigenvalue weighted by atomic mass is 19.4. The van der Waals surface area contributed by atoms with Gasteiger partial charge in [-0.1, -0.05) is 19.9 Å². The van der Waals surface area contributed by atoms with Gasteiger partial charge in [0.15, 0.2) is 0 Å². The summed E-state index contributed by atoms with van der Waals surface area (Å²) in [6, 6.07) is 2.76. The van der Waals surface area contributed by atoms with Gasteiger partial charge in [0, 0.05) is 24.7 Å². The van der Waals surface area contributed by atoms with E-state index in [9.17, 15) is 13.2 Å². The van der Waals surface area contributed by atoms with Gasteiger partial charge in [-0.05, 0) is 24.8 Å². The summed E-state index contributed by atoms with van der Waals surface area (Å²) in [7, 11) is 0. The van der Waals surface area contributed by atoms with Crippen molar-refractivity contribution in [3.05, 3.63) is 23.4 Å². The van der Waals surface area contributed by atoms with Gasteiger partial charge in [-0.25, -0.2) is 4.98 Å². The number of pyridine rings is 1. The van der Waals surface area contributed by atoms with Gasteiger partial charge in [0.1, 0.15) is 11.5 Å². The van der Waals surface area contributed by atoms with Gasteiger partial charge in [-0.15, -0.1) is 0 Å².